The fraction of sp³-hybridized carbons (Fsp3) is 0.538. The Hall–Kier alpha value is -1.26. The van der Waals surface area contributed by atoms with Gasteiger partial charge in [0, 0.05) is 19.1 Å². The standard InChI is InChI=1S/C13H20N2O2/c1-10(8-14)15(2)6-5-11-3-4-12-13(7-11)17-9-16-12/h3-4,7,10H,5-6,8-9,14H2,1-2H3. The van der Waals surface area contributed by atoms with Crippen LogP contribution in [0.15, 0.2) is 18.2 Å². The van der Waals surface area contributed by atoms with Crippen LogP contribution >= 0.6 is 0 Å². The largest absolute Gasteiger partial charge is 0.454 e. The third kappa shape index (κ3) is 2.90. The van der Waals surface area contributed by atoms with Gasteiger partial charge < -0.3 is 20.1 Å². The molecule has 2 rings (SSSR count). The lowest BCUT2D eigenvalue weighted by molar-refractivity contribution is 0.174. The lowest BCUT2D eigenvalue weighted by Gasteiger charge is -2.23. The maximum atomic E-state index is 5.64. The second kappa shape index (κ2) is 5.38. The summed E-state index contributed by atoms with van der Waals surface area (Å²) in [5.74, 6) is 1.70. The van der Waals surface area contributed by atoms with Crippen LogP contribution < -0.4 is 15.2 Å². The Balaban J connectivity index is 1.91. The van der Waals surface area contributed by atoms with E-state index in [4.69, 9.17) is 15.2 Å². The van der Waals surface area contributed by atoms with Crippen molar-refractivity contribution in [3.05, 3.63) is 23.8 Å². The SMILES string of the molecule is CC(CN)N(C)CCc1ccc2c(c1)OCO2. The summed E-state index contributed by atoms with van der Waals surface area (Å²) in [6.07, 6.45) is 0.997. The minimum Gasteiger partial charge on any atom is -0.454 e. The average Bonchev–Trinajstić information content (AvgIpc) is 2.82. The molecule has 0 aromatic heterocycles. The average molecular weight is 236 g/mol. The van der Waals surface area contributed by atoms with Crippen molar-refractivity contribution >= 4 is 0 Å². The number of hydrogen-bond donors (Lipinski definition) is 1. The topological polar surface area (TPSA) is 47.7 Å². The Bertz CT molecular complexity index is 382. The molecule has 0 amide bonds. The van der Waals surface area contributed by atoms with E-state index in [0.29, 0.717) is 19.4 Å². The van der Waals surface area contributed by atoms with E-state index in [9.17, 15) is 0 Å². The zero-order valence-corrected chi connectivity index (χ0v) is 10.5. The van der Waals surface area contributed by atoms with Crippen molar-refractivity contribution in [1.29, 1.82) is 0 Å². The van der Waals surface area contributed by atoms with Gasteiger partial charge in [-0.05, 0) is 38.1 Å². The van der Waals surface area contributed by atoms with Crippen LogP contribution in [0.4, 0.5) is 0 Å². The number of rotatable bonds is 5. The number of nitrogens with zero attached hydrogens (tertiary/aromatic N) is 1. The number of likely N-dealkylation sites (N-methyl/N-ethyl adjacent to an activating group) is 1. The quantitative estimate of drug-likeness (QED) is 0.835. The molecule has 1 aromatic rings. The summed E-state index contributed by atoms with van der Waals surface area (Å²) >= 11 is 0. The number of ether oxygens (including phenoxy) is 2. The molecule has 1 aromatic carbocycles. The van der Waals surface area contributed by atoms with E-state index in [2.05, 4.69) is 31.0 Å². The van der Waals surface area contributed by atoms with Crippen LogP contribution in [0.25, 0.3) is 0 Å². The van der Waals surface area contributed by atoms with E-state index in [1.165, 1.54) is 5.56 Å². The molecule has 0 spiro atoms. The van der Waals surface area contributed by atoms with Crippen molar-refractivity contribution in [2.75, 3.05) is 26.9 Å². The number of nitrogens with two attached hydrogens (primary N) is 1. The van der Waals surface area contributed by atoms with Crippen LogP contribution in [0.3, 0.4) is 0 Å². The van der Waals surface area contributed by atoms with Crippen LogP contribution in [-0.2, 0) is 6.42 Å². The van der Waals surface area contributed by atoms with Crippen molar-refractivity contribution in [2.45, 2.75) is 19.4 Å². The summed E-state index contributed by atoms with van der Waals surface area (Å²) in [4.78, 5) is 2.27. The summed E-state index contributed by atoms with van der Waals surface area (Å²) < 4.78 is 10.6. The van der Waals surface area contributed by atoms with Gasteiger partial charge in [0.05, 0.1) is 0 Å². The molecular formula is C13H20N2O2. The molecule has 0 saturated heterocycles. The second-order valence-corrected chi connectivity index (χ2v) is 4.50. The van der Waals surface area contributed by atoms with E-state index < -0.39 is 0 Å². The first kappa shape index (κ1) is 12.2. The summed E-state index contributed by atoms with van der Waals surface area (Å²) in [7, 11) is 2.10. The van der Waals surface area contributed by atoms with E-state index in [-0.39, 0.29) is 0 Å². The molecule has 0 aliphatic carbocycles. The summed E-state index contributed by atoms with van der Waals surface area (Å²) in [6, 6.07) is 6.55. The summed E-state index contributed by atoms with van der Waals surface area (Å²) in [5.41, 5.74) is 6.91. The molecule has 4 nitrogen and oxygen atoms in total. The number of fused-ring (bicyclic) bond motifs is 1. The molecule has 1 heterocycles. The zero-order valence-electron chi connectivity index (χ0n) is 10.5. The van der Waals surface area contributed by atoms with Gasteiger partial charge in [-0.1, -0.05) is 6.07 Å². The van der Waals surface area contributed by atoms with Gasteiger partial charge in [0.1, 0.15) is 0 Å². The summed E-state index contributed by atoms with van der Waals surface area (Å²) in [6.45, 7) is 4.16. The first-order valence-corrected chi connectivity index (χ1v) is 5.99. The van der Waals surface area contributed by atoms with Gasteiger partial charge >= 0.3 is 0 Å². The van der Waals surface area contributed by atoms with Gasteiger partial charge in [0.15, 0.2) is 11.5 Å². The minimum absolute atomic E-state index is 0.336. The van der Waals surface area contributed by atoms with Crippen LogP contribution in [0.1, 0.15) is 12.5 Å². The van der Waals surface area contributed by atoms with Crippen LogP contribution in [0, 0.1) is 0 Å². The number of benzene rings is 1. The fourth-order valence-corrected chi connectivity index (χ4v) is 1.80. The lowest BCUT2D eigenvalue weighted by Crippen LogP contribution is -2.36. The van der Waals surface area contributed by atoms with Crippen LogP contribution in [0.5, 0.6) is 11.5 Å². The smallest absolute Gasteiger partial charge is 0.231 e. The van der Waals surface area contributed by atoms with E-state index in [1.54, 1.807) is 0 Å². The highest BCUT2D eigenvalue weighted by Crippen LogP contribution is 2.32. The first-order chi connectivity index (χ1) is 8.20. The van der Waals surface area contributed by atoms with Gasteiger partial charge in [0.25, 0.3) is 0 Å². The van der Waals surface area contributed by atoms with Crippen molar-refractivity contribution in [2.24, 2.45) is 5.73 Å². The minimum atomic E-state index is 0.336. The highest BCUT2D eigenvalue weighted by molar-refractivity contribution is 5.44. The molecule has 0 saturated carbocycles. The van der Waals surface area contributed by atoms with Gasteiger partial charge in [-0.3, -0.25) is 0 Å². The van der Waals surface area contributed by atoms with Gasteiger partial charge in [0.2, 0.25) is 6.79 Å². The summed E-state index contributed by atoms with van der Waals surface area (Å²) in [5, 5.41) is 0. The Labute approximate surface area is 102 Å². The maximum absolute atomic E-state index is 5.64. The fourth-order valence-electron chi connectivity index (χ4n) is 1.80. The predicted molar refractivity (Wildman–Crippen MR) is 67.4 cm³/mol. The Morgan fingerprint density at radius 3 is 2.88 bits per heavy atom. The Morgan fingerprint density at radius 1 is 1.35 bits per heavy atom. The first-order valence-electron chi connectivity index (χ1n) is 5.99. The monoisotopic (exact) mass is 236 g/mol. The lowest BCUT2D eigenvalue weighted by atomic mass is 10.1. The third-order valence-corrected chi connectivity index (χ3v) is 3.28. The molecule has 0 bridgehead atoms. The zero-order chi connectivity index (χ0) is 12.3. The molecule has 1 aliphatic heterocycles. The highest BCUT2D eigenvalue weighted by atomic mass is 16.7. The molecule has 94 valence electrons. The van der Waals surface area contributed by atoms with Gasteiger partial charge in [-0.2, -0.15) is 0 Å². The molecule has 1 atom stereocenters. The highest BCUT2D eigenvalue weighted by Gasteiger charge is 2.13. The Morgan fingerprint density at radius 2 is 2.12 bits per heavy atom. The van der Waals surface area contributed by atoms with E-state index >= 15 is 0 Å². The van der Waals surface area contributed by atoms with Crippen molar-refractivity contribution in [1.82, 2.24) is 4.90 Å². The van der Waals surface area contributed by atoms with Crippen molar-refractivity contribution < 1.29 is 9.47 Å². The van der Waals surface area contributed by atoms with E-state index in [1.807, 2.05) is 6.07 Å². The predicted octanol–water partition coefficient (Wildman–Crippen LogP) is 1.24. The maximum Gasteiger partial charge on any atom is 0.231 e. The van der Waals surface area contributed by atoms with Crippen LogP contribution in [0.2, 0.25) is 0 Å². The third-order valence-electron chi connectivity index (χ3n) is 3.28. The molecule has 4 heteroatoms. The molecule has 1 aliphatic rings. The van der Waals surface area contributed by atoms with Gasteiger partial charge in [-0.15, -0.1) is 0 Å². The van der Waals surface area contributed by atoms with Gasteiger partial charge in [-0.25, -0.2) is 0 Å². The molecule has 0 radical (unpaired) electrons. The van der Waals surface area contributed by atoms with E-state index in [0.717, 1.165) is 24.5 Å². The Kier molecular flexibility index (Phi) is 3.86. The number of hydrogen-bond acceptors (Lipinski definition) is 4. The van der Waals surface area contributed by atoms with Crippen LogP contribution in [-0.4, -0.2) is 37.9 Å². The molecule has 1 unspecified atom stereocenters. The second-order valence-electron chi connectivity index (χ2n) is 4.50. The van der Waals surface area contributed by atoms with Crippen molar-refractivity contribution in [3.8, 4) is 11.5 Å². The van der Waals surface area contributed by atoms with Crippen molar-refractivity contribution in [3.63, 3.8) is 0 Å². The normalized spacial score (nSPS) is 15.3. The molecule has 17 heavy (non-hydrogen) atoms. The molecule has 2 N–H and O–H groups in total. The molecular weight excluding hydrogens is 216 g/mol. The molecule has 0 fully saturated rings.